The normalized spacial score (nSPS) is 27.1. The molecule has 0 aromatic carbocycles. The van der Waals surface area contributed by atoms with Crippen molar-refractivity contribution in [3.05, 3.63) is 0 Å². The molecule has 0 amide bonds. The first-order chi connectivity index (χ1) is 26.5. The fourth-order valence-electron chi connectivity index (χ4n) is 9.01. The van der Waals surface area contributed by atoms with Gasteiger partial charge in [-0.25, -0.2) is 0 Å². The van der Waals surface area contributed by atoms with E-state index in [1.165, 1.54) is 128 Å². The van der Waals surface area contributed by atoms with E-state index >= 15 is 0 Å². The molecule has 0 spiro atoms. The highest BCUT2D eigenvalue weighted by atomic mass is 28.3. The number of hydrogen-bond acceptors (Lipinski definition) is 10. The van der Waals surface area contributed by atoms with Crippen LogP contribution in [0.1, 0.15) is 167 Å². The molecule has 3 rings (SSSR count). The molecule has 5 unspecified atom stereocenters. The SMILES string of the molecule is CCCCCCCCCCCCCC[C@@H](O)[C@@H](O)[C@H](COC1OC(CO)C(O)C(O)C1O)NC1(CCCCCCCCCCC2CC[Si](C)(C)CC2)COC1. The Balaban J connectivity index is 1.39. The summed E-state index contributed by atoms with van der Waals surface area (Å²) in [6.07, 6.45) is 21.4. The molecule has 3 fully saturated rings. The molecule has 0 aliphatic carbocycles. The minimum Gasteiger partial charge on any atom is -0.394 e. The number of hydrogen-bond donors (Lipinski definition) is 7. The first kappa shape index (κ1) is 49.2. The first-order valence-electron chi connectivity index (χ1n) is 23.1. The molecule has 0 radical (unpaired) electrons. The molecule has 3 aliphatic heterocycles. The highest BCUT2D eigenvalue weighted by Crippen LogP contribution is 2.35. The largest absolute Gasteiger partial charge is 0.394 e. The molecule has 7 N–H and O–H groups in total. The van der Waals surface area contributed by atoms with Crippen molar-refractivity contribution >= 4 is 8.07 Å². The van der Waals surface area contributed by atoms with Gasteiger partial charge in [0.25, 0.3) is 0 Å². The van der Waals surface area contributed by atoms with Gasteiger partial charge < -0.3 is 44.8 Å². The predicted octanol–water partition coefficient (Wildman–Crippen LogP) is 7.36. The van der Waals surface area contributed by atoms with Crippen LogP contribution in [0.25, 0.3) is 0 Å². The van der Waals surface area contributed by atoms with E-state index in [9.17, 15) is 30.6 Å². The number of unbranched alkanes of at least 4 members (excludes halogenated alkanes) is 18. The van der Waals surface area contributed by atoms with E-state index in [1.807, 2.05) is 0 Å². The third kappa shape index (κ3) is 18.7. The lowest BCUT2D eigenvalue weighted by Gasteiger charge is -2.46. The summed E-state index contributed by atoms with van der Waals surface area (Å²) in [5.41, 5.74) is -0.350. The van der Waals surface area contributed by atoms with Gasteiger partial charge in [0.2, 0.25) is 0 Å². The Hall–Kier alpha value is -0.183. The second-order valence-electron chi connectivity index (χ2n) is 18.8. The van der Waals surface area contributed by atoms with Crippen molar-refractivity contribution in [1.82, 2.24) is 5.32 Å². The van der Waals surface area contributed by atoms with Gasteiger partial charge in [-0.1, -0.05) is 180 Å². The highest BCUT2D eigenvalue weighted by molar-refractivity contribution is 6.77. The van der Waals surface area contributed by atoms with E-state index in [0.29, 0.717) is 19.6 Å². The summed E-state index contributed by atoms with van der Waals surface area (Å²) in [6, 6.07) is 2.36. The molecule has 3 heterocycles. The van der Waals surface area contributed by atoms with Gasteiger partial charge >= 0.3 is 0 Å². The van der Waals surface area contributed by atoms with Crippen LogP contribution >= 0.6 is 0 Å². The molecule has 55 heavy (non-hydrogen) atoms. The summed E-state index contributed by atoms with van der Waals surface area (Å²) in [5, 5.41) is 66.9. The van der Waals surface area contributed by atoms with Crippen LogP contribution in [0.5, 0.6) is 0 Å². The molecule has 0 aromatic rings. The highest BCUT2D eigenvalue weighted by Gasteiger charge is 2.46. The standard InChI is InChI=1S/C44H87NO9Si/c1-4-5-6-7-8-9-10-11-12-16-19-22-25-37(47)39(48)36(32-53-43-42(51)41(50)40(49)38(31-46)54-43)45-44(33-52-34-44)28-23-20-17-14-13-15-18-21-24-35-26-29-55(2,3)30-27-35/h35-43,45-51H,4-34H2,1-3H3/t36-,37+,38?,39-,40?,41?,42?,43?/m0/s1. The van der Waals surface area contributed by atoms with Crippen molar-refractivity contribution in [2.45, 2.75) is 247 Å². The lowest BCUT2D eigenvalue weighted by molar-refractivity contribution is -0.303. The van der Waals surface area contributed by atoms with E-state index in [1.54, 1.807) is 0 Å². The van der Waals surface area contributed by atoms with Gasteiger partial charge in [-0.15, -0.1) is 0 Å². The Morgan fingerprint density at radius 2 is 1.24 bits per heavy atom. The van der Waals surface area contributed by atoms with Crippen LogP contribution in [0.3, 0.4) is 0 Å². The van der Waals surface area contributed by atoms with Crippen molar-refractivity contribution in [3.63, 3.8) is 0 Å². The van der Waals surface area contributed by atoms with Crippen LogP contribution < -0.4 is 5.32 Å². The smallest absolute Gasteiger partial charge is 0.186 e. The Kier molecular flexibility index (Phi) is 24.6. The van der Waals surface area contributed by atoms with Crippen LogP contribution in [-0.4, -0.2) is 120 Å². The zero-order chi connectivity index (χ0) is 39.9. The third-order valence-electron chi connectivity index (χ3n) is 13.2. The third-order valence-corrected chi connectivity index (χ3v) is 16.5. The quantitative estimate of drug-likeness (QED) is 0.0271. The minimum absolute atomic E-state index is 0.110. The number of nitrogens with one attached hydrogen (secondary N) is 1. The van der Waals surface area contributed by atoms with Gasteiger partial charge in [-0.05, 0) is 18.8 Å². The van der Waals surface area contributed by atoms with Crippen LogP contribution in [0.2, 0.25) is 25.2 Å². The second-order valence-corrected chi connectivity index (χ2v) is 24.1. The van der Waals surface area contributed by atoms with Gasteiger partial charge in [0.05, 0.1) is 50.2 Å². The average Bonchev–Trinajstić information content (AvgIpc) is 3.16. The summed E-state index contributed by atoms with van der Waals surface area (Å²) < 4.78 is 17.2. The Bertz CT molecular complexity index is 946. The summed E-state index contributed by atoms with van der Waals surface area (Å²) in [6.45, 7) is 7.72. The molecule has 11 heteroatoms. The van der Waals surface area contributed by atoms with Crippen molar-refractivity contribution in [2.75, 3.05) is 26.4 Å². The summed E-state index contributed by atoms with van der Waals surface area (Å²) in [4.78, 5) is 0. The number of ether oxygens (including phenoxy) is 3. The maximum absolute atomic E-state index is 11.5. The fourth-order valence-corrected chi connectivity index (χ4v) is 11.6. The van der Waals surface area contributed by atoms with E-state index < -0.39 is 63.6 Å². The molecule has 0 aromatic heterocycles. The van der Waals surface area contributed by atoms with Crippen LogP contribution in [0.4, 0.5) is 0 Å². The van der Waals surface area contributed by atoms with Gasteiger partial charge in [-0.2, -0.15) is 0 Å². The van der Waals surface area contributed by atoms with E-state index in [0.717, 1.165) is 44.4 Å². The average molecular weight is 802 g/mol. The zero-order valence-electron chi connectivity index (χ0n) is 35.5. The number of aliphatic hydroxyl groups is 6. The Morgan fingerprint density at radius 3 is 1.76 bits per heavy atom. The Morgan fingerprint density at radius 1 is 0.709 bits per heavy atom. The molecule has 8 atom stereocenters. The molecule has 0 saturated carbocycles. The monoisotopic (exact) mass is 802 g/mol. The molecule has 3 aliphatic rings. The maximum atomic E-state index is 11.5. The Labute approximate surface area is 336 Å². The van der Waals surface area contributed by atoms with E-state index in [2.05, 4.69) is 25.3 Å². The van der Waals surface area contributed by atoms with Crippen LogP contribution in [-0.2, 0) is 14.2 Å². The first-order valence-corrected chi connectivity index (χ1v) is 26.6. The molecule has 326 valence electrons. The zero-order valence-corrected chi connectivity index (χ0v) is 36.5. The maximum Gasteiger partial charge on any atom is 0.186 e. The summed E-state index contributed by atoms with van der Waals surface area (Å²) in [7, 11) is -0.844. The van der Waals surface area contributed by atoms with E-state index in [4.69, 9.17) is 14.2 Å². The predicted molar refractivity (Wildman–Crippen MR) is 224 cm³/mol. The topological polar surface area (TPSA) is 161 Å². The molecule has 10 nitrogen and oxygen atoms in total. The second kappa shape index (κ2) is 27.6. The summed E-state index contributed by atoms with van der Waals surface area (Å²) >= 11 is 0. The van der Waals surface area contributed by atoms with Crippen molar-refractivity contribution in [1.29, 1.82) is 0 Å². The molecule has 0 bridgehead atoms. The van der Waals surface area contributed by atoms with Gasteiger partial charge in [-0.3, -0.25) is 5.32 Å². The van der Waals surface area contributed by atoms with Gasteiger partial charge in [0.1, 0.15) is 24.4 Å². The summed E-state index contributed by atoms with van der Waals surface area (Å²) in [5.74, 6) is 0.986. The van der Waals surface area contributed by atoms with Crippen molar-refractivity contribution in [3.8, 4) is 0 Å². The lowest BCUT2D eigenvalue weighted by Crippen LogP contribution is -2.67. The van der Waals surface area contributed by atoms with E-state index in [-0.39, 0.29) is 12.1 Å². The van der Waals surface area contributed by atoms with Crippen molar-refractivity contribution < 1.29 is 44.8 Å². The molecule has 3 saturated heterocycles. The van der Waals surface area contributed by atoms with Crippen LogP contribution in [0, 0.1) is 5.92 Å². The number of rotatable bonds is 32. The fraction of sp³-hybridized carbons (Fsp3) is 1.00. The van der Waals surface area contributed by atoms with Crippen LogP contribution in [0.15, 0.2) is 0 Å². The number of aliphatic hydroxyl groups excluding tert-OH is 6. The molecular formula is C44H87NO9Si. The lowest BCUT2D eigenvalue weighted by atomic mass is 9.87. The minimum atomic E-state index is -1.55. The van der Waals surface area contributed by atoms with Crippen molar-refractivity contribution in [2.24, 2.45) is 5.92 Å². The molecular weight excluding hydrogens is 715 g/mol. The van der Waals surface area contributed by atoms with Gasteiger partial charge in [0, 0.05) is 8.07 Å². The van der Waals surface area contributed by atoms with Gasteiger partial charge in [0.15, 0.2) is 6.29 Å².